The zero-order valence-corrected chi connectivity index (χ0v) is 22.9. The number of amides is 5. The van der Waals surface area contributed by atoms with Gasteiger partial charge in [0.05, 0.1) is 6.20 Å². The minimum absolute atomic E-state index is 0.000839. The highest BCUT2D eigenvalue weighted by molar-refractivity contribution is 6.05. The second-order valence-electron chi connectivity index (χ2n) is 11.8. The van der Waals surface area contributed by atoms with Gasteiger partial charge in [-0.1, -0.05) is 6.07 Å². The minimum atomic E-state index is -0.528. The molecule has 5 rings (SSSR count). The van der Waals surface area contributed by atoms with Crippen molar-refractivity contribution in [2.75, 3.05) is 24.5 Å². The molecule has 1 aliphatic carbocycles. The summed E-state index contributed by atoms with van der Waals surface area (Å²) >= 11 is 0. The molecule has 210 valence electrons. The van der Waals surface area contributed by atoms with Crippen molar-refractivity contribution in [1.29, 1.82) is 0 Å². The molecule has 2 saturated heterocycles. The first-order valence-corrected chi connectivity index (χ1v) is 13.9. The van der Waals surface area contributed by atoms with Gasteiger partial charge in [-0.3, -0.25) is 24.2 Å². The number of nitrogens with one attached hydrogen (secondary N) is 2. The number of anilines is 1. The van der Waals surface area contributed by atoms with Crippen LogP contribution >= 0.6 is 0 Å². The van der Waals surface area contributed by atoms with Crippen LogP contribution in [0.25, 0.3) is 5.65 Å². The van der Waals surface area contributed by atoms with Crippen LogP contribution in [-0.4, -0.2) is 69.5 Å². The molecule has 0 radical (unpaired) electrons. The Morgan fingerprint density at radius 2 is 1.77 bits per heavy atom. The Morgan fingerprint density at radius 3 is 2.44 bits per heavy atom. The number of imidazole rings is 1. The second kappa shape index (κ2) is 10.9. The Bertz CT molecular complexity index is 1250. The van der Waals surface area contributed by atoms with E-state index in [4.69, 9.17) is 4.74 Å². The number of ether oxygens (including phenoxy) is 1. The van der Waals surface area contributed by atoms with Crippen molar-refractivity contribution in [3.63, 3.8) is 0 Å². The first-order chi connectivity index (χ1) is 18.6. The van der Waals surface area contributed by atoms with E-state index in [1.54, 1.807) is 11.1 Å². The number of imide groups is 1. The van der Waals surface area contributed by atoms with Crippen LogP contribution in [0.15, 0.2) is 24.5 Å². The summed E-state index contributed by atoms with van der Waals surface area (Å²) in [6, 6.07) is 3.65. The Balaban J connectivity index is 1.16. The SMILES string of the molecule is CC(C)(C)OC(=O)NC1CCC(C(=O)N2CCC(c3cccn4c(N5CCC(=O)NC5=O)cnc34)CC2)CC1. The maximum Gasteiger partial charge on any atom is 0.407 e. The first-order valence-electron chi connectivity index (χ1n) is 13.9. The number of piperidine rings is 1. The van der Waals surface area contributed by atoms with Crippen LogP contribution in [0.5, 0.6) is 0 Å². The lowest BCUT2D eigenvalue weighted by molar-refractivity contribution is -0.137. The zero-order valence-electron chi connectivity index (χ0n) is 22.9. The molecule has 11 nitrogen and oxygen atoms in total. The van der Waals surface area contributed by atoms with Crippen LogP contribution < -0.4 is 15.5 Å². The summed E-state index contributed by atoms with van der Waals surface area (Å²) in [5.74, 6) is 0.854. The number of carbonyl (C=O) groups is 4. The molecule has 0 atom stereocenters. The van der Waals surface area contributed by atoms with E-state index in [0.717, 1.165) is 49.7 Å². The van der Waals surface area contributed by atoms with Crippen LogP contribution in [0.2, 0.25) is 0 Å². The molecule has 1 saturated carbocycles. The Labute approximate surface area is 228 Å². The van der Waals surface area contributed by atoms with Crippen LogP contribution in [0, 0.1) is 5.92 Å². The molecule has 0 bridgehead atoms. The lowest BCUT2D eigenvalue weighted by Gasteiger charge is -2.36. The van der Waals surface area contributed by atoms with Crippen LogP contribution in [-0.2, 0) is 14.3 Å². The van der Waals surface area contributed by atoms with Crippen LogP contribution in [0.1, 0.15) is 77.2 Å². The third-order valence-corrected chi connectivity index (χ3v) is 7.92. The summed E-state index contributed by atoms with van der Waals surface area (Å²) in [7, 11) is 0. The van der Waals surface area contributed by atoms with Crippen LogP contribution in [0.3, 0.4) is 0 Å². The van der Waals surface area contributed by atoms with E-state index < -0.39 is 17.7 Å². The standard InChI is InChI=1S/C28H38N6O5/c1-28(2,3)39-27(38)30-20-8-6-19(7-9-20)25(36)32-14-10-18(11-15-32)21-5-4-13-33-23(17-29-24(21)33)34-16-12-22(35)31-26(34)37/h4-5,13,17-20H,6-12,14-16H2,1-3H3,(H,30,38)(H,31,35,37). The number of hydrogen-bond acceptors (Lipinski definition) is 6. The molecule has 39 heavy (non-hydrogen) atoms. The average Bonchev–Trinajstić information content (AvgIpc) is 3.32. The average molecular weight is 539 g/mol. The summed E-state index contributed by atoms with van der Waals surface area (Å²) in [5, 5.41) is 5.31. The highest BCUT2D eigenvalue weighted by atomic mass is 16.6. The number of alkyl carbamates (subject to hydrolysis) is 1. The van der Waals surface area contributed by atoms with Crippen molar-refractivity contribution in [3.8, 4) is 0 Å². The predicted molar refractivity (Wildman–Crippen MR) is 144 cm³/mol. The summed E-state index contributed by atoms with van der Waals surface area (Å²) < 4.78 is 7.27. The second-order valence-corrected chi connectivity index (χ2v) is 11.8. The predicted octanol–water partition coefficient (Wildman–Crippen LogP) is 3.57. The third-order valence-electron chi connectivity index (χ3n) is 7.92. The normalized spacial score (nSPS) is 23.1. The number of likely N-dealkylation sites (tertiary alicyclic amines) is 1. The van der Waals surface area contributed by atoms with E-state index in [1.807, 2.05) is 42.3 Å². The van der Waals surface area contributed by atoms with Gasteiger partial charge in [0.15, 0.2) is 0 Å². The first kappa shape index (κ1) is 27.0. The molecule has 2 N–H and O–H groups in total. The number of pyridine rings is 1. The molecule has 5 amide bonds. The molecular weight excluding hydrogens is 500 g/mol. The fourth-order valence-electron chi connectivity index (χ4n) is 5.95. The van der Waals surface area contributed by atoms with E-state index in [2.05, 4.69) is 21.7 Å². The summed E-state index contributed by atoms with van der Waals surface area (Å²) in [5.41, 5.74) is 1.39. The van der Waals surface area contributed by atoms with E-state index in [-0.39, 0.29) is 36.1 Å². The van der Waals surface area contributed by atoms with Gasteiger partial charge in [-0.25, -0.2) is 14.6 Å². The van der Waals surface area contributed by atoms with Crippen molar-refractivity contribution >= 4 is 35.4 Å². The zero-order chi connectivity index (χ0) is 27.7. The fraction of sp³-hybridized carbons (Fsp3) is 0.607. The van der Waals surface area contributed by atoms with Gasteiger partial charge < -0.3 is 15.0 Å². The van der Waals surface area contributed by atoms with Crippen molar-refractivity contribution in [2.45, 2.75) is 83.3 Å². The highest BCUT2D eigenvalue weighted by Gasteiger charge is 2.34. The van der Waals surface area contributed by atoms with E-state index in [1.165, 1.54) is 0 Å². The van der Waals surface area contributed by atoms with Gasteiger partial charge in [-0.05, 0) is 76.8 Å². The van der Waals surface area contributed by atoms with E-state index in [0.29, 0.717) is 25.5 Å². The summed E-state index contributed by atoms with van der Waals surface area (Å²) in [4.78, 5) is 57.5. The largest absolute Gasteiger partial charge is 0.444 e. The number of carbonyl (C=O) groups excluding carboxylic acids is 4. The van der Waals surface area contributed by atoms with Gasteiger partial charge in [-0.2, -0.15) is 0 Å². The molecule has 2 aromatic heterocycles. The Morgan fingerprint density at radius 1 is 1.05 bits per heavy atom. The quantitative estimate of drug-likeness (QED) is 0.613. The van der Waals surface area contributed by atoms with Crippen molar-refractivity contribution in [3.05, 3.63) is 30.1 Å². The van der Waals surface area contributed by atoms with E-state index >= 15 is 0 Å². The molecular formula is C28H38N6O5. The molecule has 2 aromatic rings. The fourth-order valence-corrected chi connectivity index (χ4v) is 5.95. The van der Waals surface area contributed by atoms with Gasteiger partial charge in [0.1, 0.15) is 17.1 Å². The molecule has 3 fully saturated rings. The molecule has 0 spiro atoms. The minimum Gasteiger partial charge on any atom is -0.444 e. The van der Waals surface area contributed by atoms with Crippen LogP contribution in [0.4, 0.5) is 15.4 Å². The number of fused-ring (bicyclic) bond motifs is 1. The molecule has 3 aliphatic rings. The number of aromatic nitrogens is 2. The molecule has 0 aromatic carbocycles. The van der Waals surface area contributed by atoms with Gasteiger partial charge in [0, 0.05) is 44.2 Å². The summed E-state index contributed by atoms with van der Waals surface area (Å²) in [6.45, 7) is 7.26. The Hall–Kier alpha value is -3.63. The van der Waals surface area contributed by atoms with Crippen molar-refractivity contribution in [1.82, 2.24) is 24.9 Å². The summed E-state index contributed by atoms with van der Waals surface area (Å²) in [6.07, 6.45) is 8.22. The lowest BCUT2D eigenvalue weighted by atomic mass is 9.84. The lowest BCUT2D eigenvalue weighted by Crippen LogP contribution is -2.50. The third kappa shape index (κ3) is 6.02. The highest BCUT2D eigenvalue weighted by Crippen LogP contribution is 2.34. The number of urea groups is 1. The molecule has 0 unspecified atom stereocenters. The smallest absolute Gasteiger partial charge is 0.407 e. The van der Waals surface area contributed by atoms with Gasteiger partial charge >= 0.3 is 12.1 Å². The van der Waals surface area contributed by atoms with Gasteiger partial charge in [-0.15, -0.1) is 0 Å². The number of hydrogen-bond donors (Lipinski definition) is 2. The van der Waals surface area contributed by atoms with E-state index in [9.17, 15) is 19.2 Å². The number of nitrogens with zero attached hydrogens (tertiary/aromatic N) is 4. The molecule has 2 aliphatic heterocycles. The maximum atomic E-state index is 13.3. The topological polar surface area (TPSA) is 125 Å². The number of rotatable bonds is 4. The monoisotopic (exact) mass is 538 g/mol. The molecule has 11 heteroatoms. The van der Waals surface area contributed by atoms with Crippen molar-refractivity contribution < 1.29 is 23.9 Å². The molecule has 4 heterocycles. The maximum absolute atomic E-state index is 13.3. The Kier molecular flexibility index (Phi) is 7.51. The van der Waals surface area contributed by atoms with Gasteiger partial charge in [0.25, 0.3) is 0 Å². The van der Waals surface area contributed by atoms with Gasteiger partial charge in [0.2, 0.25) is 11.8 Å². The van der Waals surface area contributed by atoms with Crippen molar-refractivity contribution in [2.24, 2.45) is 5.92 Å².